The fraction of sp³-hybridized carbons (Fsp3) is 0.278. The number of rotatable bonds is 3. The van der Waals surface area contributed by atoms with Gasteiger partial charge >= 0.3 is 0 Å². The van der Waals surface area contributed by atoms with E-state index in [1.165, 1.54) is 11.1 Å². The average Bonchev–Trinajstić information content (AvgIpc) is 2.83. The number of aryl methyl sites for hydroxylation is 2. The smallest absolute Gasteiger partial charge is 0.183 e. The number of aromatic nitrogens is 2. The molecule has 0 spiro atoms. The van der Waals surface area contributed by atoms with E-state index in [0.29, 0.717) is 5.92 Å². The zero-order chi connectivity index (χ0) is 15.7. The summed E-state index contributed by atoms with van der Waals surface area (Å²) in [6.45, 7) is 8.37. The Labute approximate surface area is 130 Å². The first-order chi connectivity index (χ1) is 10.5. The van der Waals surface area contributed by atoms with Gasteiger partial charge < -0.3 is 0 Å². The van der Waals surface area contributed by atoms with Gasteiger partial charge in [0, 0.05) is 6.20 Å². The molecule has 0 aliphatic carbocycles. The predicted octanol–water partition coefficient (Wildman–Crippen LogP) is 5.49. The highest BCUT2D eigenvalue weighted by atomic mass is 15.2. The van der Waals surface area contributed by atoms with Gasteiger partial charge in [0.15, 0.2) is 5.82 Å². The molecule has 0 aliphatic heterocycles. The van der Waals surface area contributed by atoms with E-state index in [1.807, 2.05) is 28.7 Å². The molecule has 0 bridgehead atoms. The van der Waals surface area contributed by atoms with Crippen LogP contribution in [0.2, 0.25) is 0 Å². The van der Waals surface area contributed by atoms with Gasteiger partial charge in [0.25, 0.3) is 0 Å². The predicted molar refractivity (Wildman–Crippen MR) is 89.4 cm³/mol. The van der Waals surface area contributed by atoms with E-state index in [4.69, 9.17) is 4.98 Å². The lowest BCUT2D eigenvalue weighted by Crippen LogP contribution is -1.88. The van der Waals surface area contributed by atoms with E-state index in [1.54, 1.807) is 0 Å². The van der Waals surface area contributed by atoms with Crippen molar-refractivity contribution in [2.75, 3.05) is 0 Å². The molecule has 0 aliphatic rings. The number of hydrogen-bond donors (Lipinski definition) is 0. The molecule has 0 unspecified atom stereocenters. The Morgan fingerprint density at radius 2 is 1.82 bits per heavy atom. The van der Waals surface area contributed by atoms with Crippen molar-refractivity contribution in [1.29, 1.82) is 0 Å². The van der Waals surface area contributed by atoms with Gasteiger partial charge in [-0.05, 0) is 49.1 Å². The van der Waals surface area contributed by atoms with Crippen LogP contribution >= 0.6 is 0 Å². The first-order valence-corrected chi connectivity index (χ1v) is 7.51. The first-order valence-electron chi connectivity index (χ1n) is 7.51. The van der Waals surface area contributed by atoms with Crippen molar-refractivity contribution in [3.8, 4) is 0 Å². The summed E-state index contributed by atoms with van der Waals surface area (Å²) in [5, 5.41) is 8.89. The molecule has 4 heteroatoms. The number of hydrogen-bond acceptors (Lipinski definition) is 3. The van der Waals surface area contributed by atoms with Crippen LogP contribution in [0.3, 0.4) is 0 Å². The van der Waals surface area contributed by atoms with Crippen molar-refractivity contribution >= 4 is 17.2 Å². The molecule has 3 rings (SSSR count). The molecule has 0 saturated carbocycles. The molecule has 22 heavy (non-hydrogen) atoms. The Balaban J connectivity index is 2.12. The molecule has 2 aromatic heterocycles. The van der Waals surface area contributed by atoms with E-state index >= 15 is 0 Å². The number of imidazole rings is 1. The normalized spacial score (nSPS) is 11.9. The summed E-state index contributed by atoms with van der Waals surface area (Å²) in [6, 6.07) is 12.1. The summed E-state index contributed by atoms with van der Waals surface area (Å²) < 4.78 is 2.02. The zero-order valence-electron chi connectivity index (χ0n) is 13.4. The molecule has 0 atom stereocenters. The Hall–Kier alpha value is -2.49. The molecular formula is C18H20N4. The highest BCUT2D eigenvalue weighted by Crippen LogP contribution is 2.29. The maximum atomic E-state index is 4.69. The van der Waals surface area contributed by atoms with Crippen molar-refractivity contribution in [3.63, 3.8) is 0 Å². The lowest BCUT2D eigenvalue weighted by molar-refractivity contribution is 0.831. The Bertz CT molecular complexity index is 843. The van der Waals surface area contributed by atoms with Gasteiger partial charge in [0.2, 0.25) is 0 Å². The van der Waals surface area contributed by atoms with Gasteiger partial charge in [-0.3, -0.25) is 4.40 Å². The summed E-state index contributed by atoms with van der Waals surface area (Å²) in [6.07, 6.45) is 2.05. The number of fused-ring (bicyclic) bond motifs is 1. The molecule has 3 aromatic rings. The van der Waals surface area contributed by atoms with Crippen molar-refractivity contribution in [2.45, 2.75) is 33.6 Å². The third-order valence-corrected chi connectivity index (χ3v) is 3.58. The van der Waals surface area contributed by atoms with Gasteiger partial charge in [0.05, 0.1) is 11.4 Å². The SMILES string of the molecule is Cc1cccc(N=Nc2c(C(C)C)nc3ccc(C)cn23)c1. The van der Waals surface area contributed by atoms with Crippen LogP contribution in [-0.2, 0) is 0 Å². The van der Waals surface area contributed by atoms with Crippen LogP contribution in [0.1, 0.15) is 36.6 Å². The van der Waals surface area contributed by atoms with Crippen LogP contribution < -0.4 is 0 Å². The molecule has 0 fully saturated rings. The maximum absolute atomic E-state index is 4.69. The van der Waals surface area contributed by atoms with Crippen molar-refractivity contribution in [2.24, 2.45) is 10.2 Å². The van der Waals surface area contributed by atoms with Gasteiger partial charge in [-0.2, -0.15) is 0 Å². The van der Waals surface area contributed by atoms with Crippen LogP contribution in [0.5, 0.6) is 0 Å². The molecule has 0 N–H and O–H groups in total. The monoisotopic (exact) mass is 292 g/mol. The molecule has 112 valence electrons. The summed E-state index contributed by atoms with van der Waals surface area (Å²) in [5.74, 6) is 1.11. The Kier molecular flexibility index (Phi) is 3.75. The molecule has 4 nitrogen and oxygen atoms in total. The first kappa shape index (κ1) is 14.4. The highest BCUT2D eigenvalue weighted by molar-refractivity contribution is 5.54. The summed E-state index contributed by atoms with van der Waals surface area (Å²) in [4.78, 5) is 4.69. The van der Waals surface area contributed by atoms with Crippen LogP contribution in [-0.4, -0.2) is 9.38 Å². The quantitative estimate of drug-likeness (QED) is 0.588. The fourth-order valence-corrected chi connectivity index (χ4v) is 2.44. The number of nitrogens with zero attached hydrogens (tertiary/aromatic N) is 4. The standard InChI is InChI=1S/C18H20N4/c1-12(2)17-18(21-20-15-7-5-6-13(3)10-15)22-11-14(4)8-9-16(22)19-17/h5-12H,1-4H3. The zero-order valence-corrected chi connectivity index (χ0v) is 13.4. The Morgan fingerprint density at radius 3 is 2.55 bits per heavy atom. The van der Waals surface area contributed by atoms with E-state index in [0.717, 1.165) is 22.8 Å². The lowest BCUT2D eigenvalue weighted by atomic mass is 10.1. The van der Waals surface area contributed by atoms with E-state index in [-0.39, 0.29) is 0 Å². The number of pyridine rings is 1. The third-order valence-electron chi connectivity index (χ3n) is 3.58. The van der Waals surface area contributed by atoms with Crippen LogP contribution in [0, 0.1) is 13.8 Å². The molecule has 2 heterocycles. The van der Waals surface area contributed by atoms with Crippen LogP contribution in [0.15, 0.2) is 52.8 Å². The largest absolute Gasteiger partial charge is 0.283 e. The maximum Gasteiger partial charge on any atom is 0.183 e. The minimum absolute atomic E-state index is 0.298. The van der Waals surface area contributed by atoms with Gasteiger partial charge in [-0.1, -0.05) is 32.0 Å². The Morgan fingerprint density at radius 1 is 1.00 bits per heavy atom. The van der Waals surface area contributed by atoms with Gasteiger partial charge in [-0.15, -0.1) is 10.2 Å². The number of benzene rings is 1. The minimum Gasteiger partial charge on any atom is -0.283 e. The van der Waals surface area contributed by atoms with Crippen LogP contribution in [0.4, 0.5) is 11.5 Å². The second-order valence-corrected chi connectivity index (χ2v) is 5.95. The molecule has 0 amide bonds. The third kappa shape index (κ3) is 2.77. The highest BCUT2D eigenvalue weighted by Gasteiger charge is 2.15. The lowest BCUT2D eigenvalue weighted by Gasteiger charge is -2.02. The molecule has 0 saturated heterocycles. The second kappa shape index (κ2) is 5.72. The van der Waals surface area contributed by atoms with Crippen molar-refractivity contribution < 1.29 is 0 Å². The average molecular weight is 292 g/mol. The minimum atomic E-state index is 0.298. The van der Waals surface area contributed by atoms with Crippen molar-refractivity contribution in [1.82, 2.24) is 9.38 Å². The van der Waals surface area contributed by atoms with Gasteiger partial charge in [-0.25, -0.2) is 4.98 Å². The van der Waals surface area contributed by atoms with E-state index in [2.05, 4.69) is 56.3 Å². The second-order valence-electron chi connectivity index (χ2n) is 5.95. The van der Waals surface area contributed by atoms with Crippen LogP contribution in [0.25, 0.3) is 5.65 Å². The summed E-state index contributed by atoms with van der Waals surface area (Å²) in [7, 11) is 0. The van der Waals surface area contributed by atoms with E-state index in [9.17, 15) is 0 Å². The topological polar surface area (TPSA) is 42.0 Å². The number of azo groups is 1. The molecule has 1 aromatic carbocycles. The molecule has 0 radical (unpaired) electrons. The fourth-order valence-electron chi connectivity index (χ4n) is 2.44. The van der Waals surface area contributed by atoms with Crippen molar-refractivity contribution in [3.05, 3.63) is 59.4 Å². The summed E-state index contributed by atoms with van der Waals surface area (Å²) >= 11 is 0. The van der Waals surface area contributed by atoms with Gasteiger partial charge in [0.1, 0.15) is 5.65 Å². The van der Waals surface area contributed by atoms with E-state index < -0.39 is 0 Å². The summed E-state index contributed by atoms with van der Waals surface area (Å²) in [5.41, 5.74) is 5.09. The molecular weight excluding hydrogens is 272 g/mol.